The number of hydrogen-bond acceptors (Lipinski definition) is 3. The van der Waals surface area contributed by atoms with Crippen molar-refractivity contribution in [2.45, 2.75) is 13.5 Å². The predicted octanol–water partition coefficient (Wildman–Crippen LogP) is 3.21. The lowest BCUT2D eigenvalue weighted by Gasteiger charge is -2.07. The summed E-state index contributed by atoms with van der Waals surface area (Å²) in [6.45, 7) is 2.32. The van der Waals surface area contributed by atoms with Gasteiger partial charge in [0.05, 0.1) is 6.54 Å². The fourth-order valence-corrected chi connectivity index (χ4v) is 1.50. The van der Waals surface area contributed by atoms with E-state index in [0.29, 0.717) is 12.3 Å². The largest absolute Gasteiger partial charge is 0.449 e. The molecule has 0 aliphatic carbocycles. The van der Waals surface area contributed by atoms with Gasteiger partial charge in [-0.2, -0.15) is 5.26 Å². The van der Waals surface area contributed by atoms with Crippen molar-refractivity contribution in [1.82, 2.24) is 0 Å². The van der Waals surface area contributed by atoms with Gasteiger partial charge in [-0.1, -0.05) is 6.07 Å². The number of nitriles is 1. The lowest BCUT2D eigenvalue weighted by atomic mass is 10.2. The third kappa shape index (κ3) is 2.64. The van der Waals surface area contributed by atoms with Gasteiger partial charge in [0, 0.05) is 5.69 Å². The van der Waals surface area contributed by atoms with Gasteiger partial charge in [0.25, 0.3) is 0 Å². The fourth-order valence-electron chi connectivity index (χ4n) is 1.50. The zero-order valence-corrected chi connectivity index (χ0v) is 9.33. The molecule has 0 saturated heterocycles. The number of benzene rings is 1. The number of furan rings is 1. The Bertz CT molecular complexity index is 569. The molecule has 0 unspecified atom stereocenters. The summed E-state index contributed by atoms with van der Waals surface area (Å²) < 4.78 is 18.2. The van der Waals surface area contributed by atoms with Crippen LogP contribution in [-0.2, 0) is 6.54 Å². The van der Waals surface area contributed by atoms with Crippen molar-refractivity contribution in [1.29, 1.82) is 5.26 Å². The molecule has 1 N–H and O–H groups in total. The normalized spacial score (nSPS) is 9.94. The highest BCUT2D eigenvalue weighted by atomic mass is 19.1. The average Bonchev–Trinajstić information content (AvgIpc) is 2.78. The third-order valence-corrected chi connectivity index (χ3v) is 2.42. The van der Waals surface area contributed by atoms with Crippen LogP contribution in [0.25, 0.3) is 0 Å². The molecule has 0 amide bonds. The first-order chi connectivity index (χ1) is 8.19. The second-order valence-electron chi connectivity index (χ2n) is 3.69. The molecular formula is C13H11FN2O. The smallest absolute Gasteiger partial charge is 0.203 e. The zero-order chi connectivity index (χ0) is 12.3. The Morgan fingerprint density at radius 3 is 2.88 bits per heavy atom. The Morgan fingerprint density at radius 1 is 1.35 bits per heavy atom. The van der Waals surface area contributed by atoms with E-state index in [1.165, 1.54) is 12.1 Å². The quantitative estimate of drug-likeness (QED) is 0.880. The summed E-state index contributed by atoms with van der Waals surface area (Å²) >= 11 is 0. The van der Waals surface area contributed by atoms with E-state index in [0.717, 1.165) is 11.3 Å². The fraction of sp³-hybridized carbons (Fsp3) is 0.154. The number of nitrogens with one attached hydrogen (secondary N) is 1. The number of halogens is 1. The molecule has 1 heterocycles. The lowest BCUT2D eigenvalue weighted by molar-refractivity contribution is 0.506. The van der Waals surface area contributed by atoms with E-state index in [-0.39, 0.29) is 11.6 Å². The minimum Gasteiger partial charge on any atom is -0.449 e. The molecule has 0 aliphatic rings. The predicted molar refractivity (Wildman–Crippen MR) is 61.9 cm³/mol. The Balaban J connectivity index is 2.07. The second kappa shape index (κ2) is 4.71. The molecule has 0 radical (unpaired) electrons. The van der Waals surface area contributed by atoms with E-state index in [9.17, 15) is 4.39 Å². The van der Waals surface area contributed by atoms with Crippen LogP contribution in [0.15, 0.2) is 34.7 Å². The first-order valence-electron chi connectivity index (χ1n) is 5.18. The van der Waals surface area contributed by atoms with Crippen molar-refractivity contribution in [2.75, 3.05) is 5.32 Å². The van der Waals surface area contributed by atoms with Crippen molar-refractivity contribution in [2.24, 2.45) is 0 Å². The molecule has 3 nitrogen and oxygen atoms in total. The number of nitrogens with zero attached hydrogens (tertiary/aromatic N) is 1. The van der Waals surface area contributed by atoms with E-state index in [1.54, 1.807) is 18.2 Å². The van der Waals surface area contributed by atoms with E-state index in [2.05, 4.69) is 5.32 Å². The van der Waals surface area contributed by atoms with Crippen LogP contribution >= 0.6 is 0 Å². The van der Waals surface area contributed by atoms with Gasteiger partial charge in [0.15, 0.2) is 0 Å². The van der Waals surface area contributed by atoms with Gasteiger partial charge >= 0.3 is 0 Å². The van der Waals surface area contributed by atoms with Crippen molar-refractivity contribution in [3.63, 3.8) is 0 Å². The molecule has 0 atom stereocenters. The van der Waals surface area contributed by atoms with Gasteiger partial charge in [-0.25, -0.2) is 4.39 Å². The van der Waals surface area contributed by atoms with Crippen LogP contribution < -0.4 is 5.32 Å². The van der Waals surface area contributed by atoms with Crippen LogP contribution in [0.4, 0.5) is 10.1 Å². The Morgan fingerprint density at radius 2 is 2.18 bits per heavy atom. The Kier molecular flexibility index (Phi) is 3.10. The van der Waals surface area contributed by atoms with E-state index >= 15 is 0 Å². The molecule has 1 aromatic carbocycles. The minimum atomic E-state index is -0.282. The molecule has 0 spiro atoms. The topological polar surface area (TPSA) is 49.0 Å². The van der Waals surface area contributed by atoms with Crippen molar-refractivity contribution in [3.05, 3.63) is 53.2 Å². The maximum atomic E-state index is 13.0. The molecule has 86 valence electrons. The molecule has 17 heavy (non-hydrogen) atoms. The van der Waals surface area contributed by atoms with Crippen LogP contribution in [0.3, 0.4) is 0 Å². The number of rotatable bonds is 3. The average molecular weight is 230 g/mol. The second-order valence-corrected chi connectivity index (χ2v) is 3.69. The monoisotopic (exact) mass is 230 g/mol. The minimum absolute atomic E-state index is 0.276. The molecule has 2 aromatic rings. The standard InChI is InChI=1S/C13H11FN2O/c1-9-2-3-10(14)6-13(9)16-8-12-5-4-11(7-15)17-12/h2-6,16H,8H2,1H3. The van der Waals surface area contributed by atoms with Gasteiger partial charge in [-0.05, 0) is 36.8 Å². The number of anilines is 1. The maximum Gasteiger partial charge on any atom is 0.203 e. The first-order valence-corrected chi connectivity index (χ1v) is 5.18. The van der Waals surface area contributed by atoms with E-state index < -0.39 is 0 Å². The molecule has 0 saturated carbocycles. The van der Waals surface area contributed by atoms with Gasteiger partial charge in [0.1, 0.15) is 17.6 Å². The van der Waals surface area contributed by atoms with Gasteiger partial charge in [-0.15, -0.1) is 0 Å². The van der Waals surface area contributed by atoms with E-state index in [1.807, 2.05) is 13.0 Å². The molecule has 1 aromatic heterocycles. The van der Waals surface area contributed by atoms with E-state index in [4.69, 9.17) is 9.68 Å². The summed E-state index contributed by atoms with van der Waals surface area (Å²) in [5, 5.41) is 11.7. The zero-order valence-electron chi connectivity index (χ0n) is 9.33. The highest BCUT2D eigenvalue weighted by molar-refractivity contribution is 5.50. The molecule has 4 heteroatoms. The van der Waals surface area contributed by atoms with Gasteiger partial charge in [-0.3, -0.25) is 0 Å². The molecule has 0 fully saturated rings. The number of hydrogen-bond donors (Lipinski definition) is 1. The van der Waals surface area contributed by atoms with Crippen LogP contribution in [-0.4, -0.2) is 0 Å². The first kappa shape index (κ1) is 11.2. The van der Waals surface area contributed by atoms with Crippen LogP contribution in [0.5, 0.6) is 0 Å². The Hall–Kier alpha value is -2.28. The maximum absolute atomic E-state index is 13.0. The van der Waals surface area contributed by atoms with Crippen LogP contribution in [0.2, 0.25) is 0 Å². The van der Waals surface area contributed by atoms with Crippen LogP contribution in [0, 0.1) is 24.1 Å². The van der Waals surface area contributed by atoms with Gasteiger partial charge in [0.2, 0.25) is 5.76 Å². The molecule has 0 aliphatic heterocycles. The third-order valence-electron chi connectivity index (χ3n) is 2.42. The van der Waals surface area contributed by atoms with Gasteiger partial charge < -0.3 is 9.73 Å². The molecule has 0 bridgehead atoms. The summed E-state index contributed by atoms with van der Waals surface area (Å²) in [6.07, 6.45) is 0. The molecular weight excluding hydrogens is 219 g/mol. The molecule has 2 rings (SSSR count). The summed E-state index contributed by atoms with van der Waals surface area (Å²) in [6, 6.07) is 9.80. The number of aryl methyl sites for hydroxylation is 1. The van der Waals surface area contributed by atoms with Crippen LogP contribution in [0.1, 0.15) is 17.1 Å². The summed E-state index contributed by atoms with van der Waals surface area (Å²) in [4.78, 5) is 0. The Labute approximate surface area is 98.5 Å². The summed E-state index contributed by atoms with van der Waals surface area (Å²) in [5.41, 5.74) is 1.68. The highest BCUT2D eigenvalue weighted by Crippen LogP contribution is 2.17. The summed E-state index contributed by atoms with van der Waals surface area (Å²) in [5.74, 6) is 0.637. The lowest BCUT2D eigenvalue weighted by Crippen LogP contribution is -2.00. The SMILES string of the molecule is Cc1ccc(F)cc1NCc1ccc(C#N)o1. The van der Waals surface area contributed by atoms with Crippen molar-refractivity contribution >= 4 is 5.69 Å². The van der Waals surface area contributed by atoms with Crippen molar-refractivity contribution < 1.29 is 8.81 Å². The summed E-state index contributed by atoms with van der Waals surface area (Å²) in [7, 11) is 0. The highest BCUT2D eigenvalue weighted by Gasteiger charge is 2.03. The van der Waals surface area contributed by atoms with Crippen molar-refractivity contribution in [3.8, 4) is 6.07 Å².